The van der Waals surface area contributed by atoms with E-state index in [-0.39, 0.29) is 12.8 Å². The van der Waals surface area contributed by atoms with E-state index < -0.39 is 11.9 Å². The number of allylic oxidation sites excluding steroid dienone is 1. The Morgan fingerprint density at radius 2 is 2.08 bits per heavy atom. The third-order valence-corrected chi connectivity index (χ3v) is 1.15. The van der Waals surface area contributed by atoms with Gasteiger partial charge in [-0.3, -0.25) is 9.59 Å². The Hall–Kier alpha value is -1.58. The lowest BCUT2D eigenvalue weighted by atomic mass is 10.3. The zero-order chi connectivity index (χ0) is 10.3. The van der Waals surface area contributed by atoms with E-state index in [1.807, 2.05) is 0 Å². The minimum Gasteiger partial charge on any atom is -0.481 e. The summed E-state index contributed by atoms with van der Waals surface area (Å²) in [6.07, 6.45) is 2.74. The van der Waals surface area contributed by atoms with Crippen molar-refractivity contribution < 1.29 is 19.4 Å². The van der Waals surface area contributed by atoms with Crippen LogP contribution in [0.5, 0.6) is 0 Å². The first kappa shape index (κ1) is 11.4. The maximum Gasteiger partial charge on any atom is 0.314 e. The van der Waals surface area contributed by atoms with E-state index in [0.29, 0.717) is 5.76 Å². The van der Waals surface area contributed by atoms with Crippen molar-refractivity contribution in [1.82, 2.24) is 0 Å². The van der Waals surface area contributed by atoms with Gasteiger partial charge in [-0.2, -0.15) is 0 Å². The summed E-state index contributed by atoms with van der Waals surface area (Å²) >= 11 is 0. The molecule has 4 heteroatoms. The van der Waals surface area contributed by atoms with Gasteiger partial charge in [-0.15, -0.1) is 6.58 Å². The maximum atomic E-state index is 10.8. The Morgan fingerprint density at radius 3 is 2.54 bits per heavy atom. The van der Waals surface area contributed by atoms with E-state index in [1.54, 1.807) is 0 Å². The molecule has 0 aliphatic rings. The Balaban J connectivity index is 3.91. The molecule has 0 bridgehead atoms. The molecule has 0 aromatic rings. The number of carboxylic acid groups (broad SMARTS) is 1. The molecule has 0 saturated carbocycles. The van der Waals surface area contributed by atoms with Crippen molar-refractivity contribution in [2.24, 2.45) is 0 Å². The van der Waals surface area contributed by atoms with Crippen molar-refractivity contribution in [3.8, 4) is 0 Å². The summed E-state index contributed by atoms with van der Waals surface area (Å²) in [6, 6.07) is 0. The number of hydrogen-bond acceptors (Lipinski definition) is 3. The van der Waals surface area contributed by atoms with Gasteiger partial charge in [-0.05, 0) is 13.0 Å². The third kappa shape index (κ3) is 6.80. The quantitative estimate of drug-likeness (QED) is 0.399. The Kier molecular flexibility index (Phi) is 5.27. The van der Waals surface area contributed by atoms with Crippen LogP contribution in [0.2, 0.25) is 0 Å². The predicted octanol–water partition coefficient (Wildman–Crippen LogP) is 1.48. The number of carboxylic acids is 1. The van der Waals surface area contributed by atoms with Crippen LogP contribution in [0.1, 0.15) is 19.8 Å². The molecule has 0 amide bonds. The van der Waals surface area contributed by atoms with E-state index >= 15 is 0 Å². The van der Waals surface area contributed by atoms with Crippen LogP contribution in [-0.2, 0) is 14.3 Å². The Morgan fingerprint density at radius 1 is 1.46 bits per heavy atom. The Bertz CT molecular complexity index is 240. The fraction of sp³-hybridized carbons (Fsp3) is 0.333. The highest BCUT2D eigenvalue weighted by Gasteiger charge is 2.01. The van der Waals surface area contributed by atoms with E-state index in [1.165, 1.54) is 19.1 Å². The van der Waals surface area contributed by atoms with Crippen LogP contribution in [0.3, 0.4) is 0 Å². The van der Waals surface area contributed by atoms with Gasteiger partial charge in [-0.1, -0.05) is 6.08 Å². The molecule has 0 aromatic carbocycles. The molecule has 0 atom stereocenters. The van der Waals surface area contributed by atoms with E-state index in [0.717, 1.165) is 0 Å². The van der Waals surface area contributed by atoms with Gasteiger partial charge in [0, 0.05) is 0 Å². The summed E-state index contributed by atoms with van der Waals surface area (Å²) in [6.45, 7) is 4.90. The lowest BCUT2D eigenvalue weighted by molar-refractivity contribution is -0.139. The first-order valence-corrected chi connectivity index (χ1v) is 3.76. The number of carbonyl (C=O) groups is 2. The van der Waals surface area contributed by atoms with E-state index in [9.17, 15) is 9.59 Å². The van der Waals surface area contributed by atoms with E-state index in [4.69, 9.17) is 9.84 Å². The molecular weight excluding hydrogens is 172 g/mol. The zero-order valence-electron chi connectivity index (χ0n) is 7.45. The van der Waals surface area contributed by atoms with Crippen molar-refractivity contribution in [2.45, 2.75) is 19.8 Å². The van der Waals surface area contributed by atoms with Gasteiger partial charge in [0.25, 0.3) is 0 Å². The molecule has 1 N–H and O–H groups in total. The highest BCUT2D eigenvalue weighted by molar-refractivity contribution is 5.72. The van der Waals surface area contributed by atoms with Crippen molar-refractivity contribution in [2.75, 3.05) is 0 Å². The summed E-state index contributed by atoms with van der Waals surface area (Å²) in [5.41, 5.74) is 0. The summed E-state index contributed by atoms with van der Waals surface area (Å²) in [7, 11) is 0. The van der Waals surface area contributed by atoms with Crippen LogP contribution in [0.4, 0.5) is 0 Å². The third-order valence-electron chi connectivity index (χ3n) is 1.15. The van der Waals surface area contributed by atoms with Crippen molar-refractivity contribution >= 4 is 11.9 Å². The first-order valence-electron chi connectivity index (χ1n) is 3.76. The van der Waals surface area contributed by atoms with Crippen LogP contribution in [0, 0.1) is 0 Å². The summed E-state index contributed by atoms with van der Waals surface area (Å²) in [4.78, 5) is 20.9. The highest BCUT2D eigenvalue weighted by Crippen LogP contribution is 2.00. The molecule has 0 saturated heterocycles. The van der Waals surface area contributed by atoms with Crippen LogP contribution in [0.25, 0.3) is 0 Å². The van der Waals surface area contributed by atoms with Crippen LogP contribution in [-0.4, -0.2) is 17.0 Å². The van der Waals surface area contributed by atoms with Gasteiger partial charge in [0.15, 0.2) is 0 Å². The average Bonchev–Trinajstić information content (AvgIpc) is 2.01. The van der Waals surface area contributed by atoms with Crippen molar-refractivity contribution in [3.63, 3.8) is 0 Å². The lowest BCUT2D eigenvalue weighted by Gasteiger charge is -2.00. The average molecular weight is 184 g/mol. The fourth-order valence-corrected chi connectivity index (χ4v) is 0.612. The number of aliphatic carboxylic acids is 1. The van der Waals surface area contributed by atoms with Crippen molar-refractivity contribution in [1.29, 1.82) is 0 Å². The number of esters is 1. The zero-order valence-corrected chi connectivity index (χ0v) is 7.45. The highest BCUT2D eigenvalue weighted by atomic mass is 16.5. The molecule has 0 aliphatic heterocycles. The van der Waals surface area contributed by atoms with Crippen LogP contribution >= 0.6 is 0 Å². The molecule has 0 radical (unpaired) electrons. The number of carbonyl (C=O) groups excluding carboxylic acids is 1. The van der Waals surface area contributed by atoms with Gasteiger partial charge in [0.1, 0.15) is 5.76 Å². The molecule has 0 aromatic heterocycles. The summed E-state index contributed by atoms with van der Waals surface area (Å²) in [5, 5.41) is 8.30. The smallest absolute Gasteiger partial charge is 0.314 e. The fourth-order valence-electron chi connectivity index (χ4n) is 0.612. The van der Waals surface area contributed by atoms with Gasteiger partial charge < -0.3 is 9.84 Å². The minimum atomic E-state index is -0.959. The molecule has 0 aliphatic carbocycles. The predicted molar refractivity (Wildman–Crippen MR) is 46.9 cm³/mol. The Labute approximate surface area is 76.5 Å². The van der Waals surface area contributed by atoms with E-state index in [2.05, 4.69) is 6.58 Å². The second kappa shape index (κ2) is 5.99. The largest absolute Gasteiger partial charge is 0.481 e. The van der Waals surface area contributed by atoms with Gasteiger partial charge in [-0.25, -0.2) is 0 Å². The molecule has 0 rings (SSSR count). The number of hydrogen-bond donors (Lipinski definition) is 1. The molecule has 13 heavy (non-hydrogen) atoms. The molecule has 0 unspecified atom stereocenters. The topological polar surface area (TPSA) is 63.6 Å². The lowest BCUT2D eigenvalue weighted by Crippen LogP contribution is -2.01. The summed E-state index contributed by atoms with van der Waals surface area (Å²) in [5.74, 6) is -1.09. The van der Waals surface area contributed by atoms with Gasteiger partial charge >= 0.3 is 11.9 Å². The van der Waals surface area contributed by atoms with Gasteiger partial charge in [0.05, 0.1) is 12.8 Å². The standard InChI is InChI=1S/C9H12O4/c1-3-4-9(12)13-7(2)5-6-8(10)11/h3,5H,1,4,6H2,2H3,(H,10,11). The van der Waals surface area contributed by atoms with Crippen LogP contribution in [0.15, 0.2) is 24.5 Å². The second-order valence-corrected chi connectivity index (χ2v) is 2.38. The molecule has 0 heterocycles. The first-order chi connectivity index (χ1) is 6.06. The molecule has 72 valence electrons. The molecule has 0 fully saturated rings. The maximum absolute atomic E-state index is 10.8. The SMILES string of the molecule is C=CCC(=O)OC(C)=CCC(=O)O. The van der Waals surface area contributed by atoms with Crippen molar-refractivity contribution in [3.05, 3.63) is 24.5 Å². The molecular formula is C9H12O4. The molecule has 4 nitrogen and oxygen atoms in total. The number of ether oxygens (including phenoxy) is 1. The van der Waals surface area contributed by atoms with Crippen LogP contribution < -0.4 is 0 Å². The normalized spacial score (nSPS) is 10.7. The second-order valence-electron chi connectivity index (χ2n) is 2.38. The van der Waals surface area contributed by atoms with Gasteiger partial charge in [0.2, 0.25) is 0 Å². The number of rotatable bonds is 5. The summed E-state index contributed by atoms with van der Waals surface area (Å²) < 4.78 is 4.73. The molecule has 0 spiro atoms. The minimum absolute atomic E-state index is 0.123. The monoisotopic (exact) mass is 184 g/mol.